The second kappa shape index (κ2) is 6.76. The summed E-state index contributed by atoms with van der Waals surface area (Å²) in [6.45, 7) is -0.612. The molecule has 5 nitrogen and oxygen atoms in total. The van der Waals surface area contributed by atoms with E-state index in [4.69, 9.17) is 4.18 Å². The van der Waals surface area contributed by atoms with Gasteiger partial charge in [-0.05, 0) is 24.3 Å². The lowest BCUT2D eigenvalue weighted by Crippen LogP contribution is -2.11. The van der Waals surface area contributed by atoms with Crippen LogP contribution in [0.25, 0.3) is 0 Å². The fraction of sp³-hybridized carbons (Fsp3) is 0.0769. The van der Waals surface area contributed by atoms with Crippen LogP contribution in [0.5, 0.6) is 0 Å². The lowest BCUT2D eigenvalue weighted by Gasteiger charge is -2.05. The molecule has 0 N–H and O–H groups in total. The van der Waals surface area contributed by atoms with Crippen molar-refractivity contribution in [2.75, 3.05) is 6.79 Å². The third-order valence-electron chi connectivity index (χ3n) is 2.33. The SMILES string of the molecule is O=S(OCOS(=O)(=O)c1ccccc1)c1ccccc1. The van der Waals surface area contributed by atoms with Crippen molar-refractivity contribution in [1.82, 2.24) is 0 Å². The minimum atomic E-state index is -3.90. The monoisotopic (exact) mass is 312 g/mol. The van der Waals surface area contributed by atoms with Crippen molar-refractivity contribution in [2.24, 2.45) is 0 Å². The minimum Gasteiger partial charge on any atom is -0.257 e. The molecule has 106 valence electrons. The first kappa shape index (κ1) is 14.9. The van der Waals surface area contributed by atoms with Gasteiger partial charge >= 0.3 is 0 Å². The van der Waals surface area contributed by atoms with Crippen molar-refractivity contribution >= 4 is 21.2 Å². The van der Waals surface area contributed by atoms with Gasteiger partial charge in [0.25, 0.3) is 10.1 Å². The second-order valence-electron chi connectivity index (χ2n) is 3.67. The Morgan fingerprint density at radius 2 is 1.45 bits per heavy atom. The molecule has 0 bridgehead atoms. The van der Waals surface area contributed by atoms with E-state index in [1.807, 2.05) is 0 Å². The zero-order chi connectivity index (χ0) is 14.4. The van der Waals surface area contributed by atoms with Crippen LogP contribution in [-0.2, 0) is 29.6 Å². The Kier molecular flexibility index (Phi) is 5.02. The number of hydrogen-bond acceptors (Lipinski definition) is 5. The summed E-state index contributed by atoms with van der Waals surface area (Å²) in [7, 11) is -3.90. The molecular weight excluding hydrogens is 300 g/mol. The van der Waals surface area contributed by atoms with Crippen LogP contribution in [0.4, 0.5) is 0 Å². The van der Waals surface area contributed by atoms with Crippen molar-refractivity contribution in [3.63, 3.8) is 0 Å². The molecule has 0 aliphatic rings. The van der Waals surface area contributed by atoms with E-state index in [1.54, 1.807) is 48.5 Å². The zero-order valence-electron chi connectivity index (χ0n) is 10.3. The van der Waals surface area contributed by atoms with E-state index >= 15 is 0 Å². The minimum absolute atomic E-state index is 0.0223. The van der Waals surface area contributed by atoms with Crippen molar-refractivity contribution in [1.29, 1.82) is 0 Å². The highest BCUT2D eigenvalue weighted by atomic mass is 32.2. The van der Waals surface area contributed by atoms with E-state index in [2.05, 4.69) is 4.18 Å². The zero-order valence-corrected chi connectivity index (χ0v) is 12.0. The van der Waals surface area contributed by atoms with E-state index in [9.17, 15) is 12.6 Å². The average molecular weight is 312 g/mol. The van der Waals surface area contributed by atoms with Crippen LogP contribution in [0.1, 0.15) is 0 Å². The summed E-state index contributed by atoms with van der Waals surface area (Å²) < 4.78 is 44.7. The molecule has 0 amide bonds. The van der Waals surface area contributed by atoms with E-state index < -0.39 is 28.0 Å². The van der Waals surface area contributed by atoms with Crippen LogP contribution in [0.2, 0.25) is 0 Å². The Hall–Kier alpha value is -1.54. The van der Waals surface area contributed by atoms with E-state index in [0.29, 0.717) is 4.90 Å². The number of hydrogen-bond donors (Lipinski definition) is 0. The van der Waals surface area contributed by atoms with Gasteiger partial charge in [-0.15, -0.1) is 0 Å². The molecule has 20 heavy (non-hydrogen) atoms. The van der Waals surface area contributed by atoms with E-state index in [0.717, 1.165) is 0 Å². The Morgan fingerprint density at radius 1 is 0.900 bits per heavy atom. The number of rotatable bonds is 6. The van der Waals surface area contributed by atoms with Gasteiger partial charge in [0.1, 0.15) is 0 Å². The smallest absolute Gasteiger partial charge is 0.257 e. The van der Waals surface area contributed by atoms with Crippen LogP contribution >= 0.6 is 0 Å². The summed E-state index contributed by atoms with van der Waals surface area (Å²) in [4.78, 5) is 0.460. The molecule has 2 rings (SSSR count). The average Bonchev–Trinajstić information content (AvgIpc) is 2.49. The molecule has 1 atom stereocenters. The fourth-order valence-corrected chi connectivity index (χ4v) is 2.89. The lowest BCUT2D eigenvalue weighted by molar-refractivity contribution is 0.141. The first-order chi connectivity index (χ1) is 9.59. The molecule has 0 radical (unpaired) electrons. The molecular formula is C13H12O5S2. The van der Waals surface area contributed by atoms with Gasteiger partial charge in [-0.25, -0.2) is 8.39 Å². The topological polar surface area (TPSA) is 69.7 Å². The second-order valence-corrected chi connectivity index (χ2v) is 6.46. The first-order valence-electron chi connectivity index (χ1n) is 5.64. The molecule has 0 spiro atoms. The maximum Gasteiger partial charge on any atom is 0.299 e. The normalized spacial score (nSPS) is 13.0. The molecule has 7 heteroatoms. The standard InChI is InChI=1S/C13H12O5S2/c14-19(12-7-3-1-4-8-12)17-11-18-20(15,16)13-9-5-2-6-10-13/h1-10H,11H2. The van der Waals surface area contributed by atoms with Crippen LogP contribution in [0, 0.1) is 0 Å². The first-order valence-corrected chi connectivity index (χ1v) is 8.12. The van der Waals surface area contributed by atoms with Gasteiger partial charge in [-0.1, -0.05) is 36.4 Å². The molecule has 2 aromatic carbocycles. The van der Waals surface area contributed by atoms with Gasteiger partial charge in [0.15, 0.2) is 17.9 Å². The maximum atomic E-state index is 11.7. The Labute approximate surface area is 119 Å². The van der Waals surface area contributed by atoms with Crippen LogP contribution in [-0.4, -0.2) is 19.4 Å². The fourth-order valence-electron chi connectivity index (χ4n) is 1.38. The van der Waals surface area contributed by atoms with Gasteiger partial charge in [0.05, 0.1) is 9.79 Å². The predicted octanol–water partition coefficient (Wildman–Crippen LogP) is 2.09. The molecule has 0 heterocycles. The van der Waals surface area contributed by atoms with Gasteiger partial charge in [-0.3, -0.25) is 4.18 Å². The summed E-state index contributed by atoms with van der Waals surface area (Å²) in [5.41, 5.74) is 0. The van der Waals surface area contributed by atoms with Crippen molar-refractivity contribution in [2.45, 2.75) is 9.79 Å². The summed E-state index contributed by atoms with van der Waals surface area (Å²) in [5, 5.41) is 0. The molecule has 0 aliphatic heterocycles. The number of benzene rings is 2. The predicted molar refractivity (Wildman–Crippen MR) is 73.5 cm³/mol. The highest BCUT2D eigenvalue weighted by Gasteiger charge is 2.15. The molecule has 2 aromatic rings. The maximum absolute atomic E-state index is 11.7. The van der Waals surface area contributed by atoms with Crippen molar-refractivity contribution in [3.05, 3.63) is 60.7 Å². The molecule has 0 aromatic heterocycles. The van der Waals surface area contributed by atoms with Crippen molar-refractivity contribution < 1.29 is 21.0 Å². The molecule has 0 aliphatic carbocycles. The molecule has 0 fully saturated rings. The highest BCUT2D eigenvalue weighted by Crippen LogP contribution is 2.12. The Bertz CT molecular complexity index is 668. The summed E-state index contributed by atoms with van der Waals surface area (Å²) >= 11 is -1.76. The Morgan fingerprint density at radius 3 is 2.05 bits per heavy atom. The van der Waals surface area contributed by atoms with Gasteiger partial charge in [0, 0.05) is 0 Å². The Balaban J connectivity index is 1.92. The van der Waals surface area contributed by atoms with Crippen LogP contribution in [0.15, 0.2) is 70.5 Å². The summed E-state index contributed by atoms with van der Waals surface area (Å²) in [6, 6.07) is 16.1. The molecule has 0 saturated heterocycles. The van der Waals surface area contributed by atoms with Gasteiger partial charge < -0.3 is 0 Å². The van der Waals surface area contributed by atoms with Crippen molar-refractivity contribution in [3.8, 4) is 0 Å². The third kappa shape index (κ3) is 3.97. The molecule has 0 saturated carbocycles. The van der Waals surface area contributed by atoms with E-state index in [1.165, 1.54) is 12.1 Å². The quantitative estimate of drug-likeness (QED) is 0.603. The summed E-state index contributed by atoms with van der Waals surface area (Å²) in [5.74, 6) is 0. The highest BCUT2D eigenvalue weighted by molar-refractivity contribution is 7.86. The molecule has 1 unspecified atom stereocenters. The largest absolute Gasteiger partial charge is 0.299 e. The summed E-state index contributed by atoms with van der Waals surface area (Å²) in [6.07, 6.45) is 0. The van der Waals surface area contributed by atoms with Crippen LogP contribution < -0.4 is 0 Å². The van der Waals surface area contributed by atoms with Gasteiger partial charge in [0.2, 0.25) is 0 Å². The third-order valence-corrected chi connectivity index (χ3v) is 4.55. The lowest BCUT2D eigenvalue weighted by atomic mass is 10.4. The van der Waals surface area contributed by atoms with E-state index in [-0.39, 0.29) is 4.90 Å². The van der Waals surface area contributed by atoms with Gasteiger partial charge in [-0.2, -0.15) is 8.42 Å². The van der Waals surface area contributed by atoms with Crippen LogP contribution in [0.3, 0.4) is 0 Å².